The fraction of sp³-hybridized carbons (Fsp3) is 0.878. The average Bonchev–Trinajstić information content (AvgIpc) is 3.05. The van der Waals surface area contributed by atoms with Crippen LogP contribution in [0.2, 0.25) is 0 Å². The number of rotatable bonds is 36. The van der Waals surface area contributed by atoms with Gasteiger partial charge in [0.1, 0.15) is 12.6 Å². The summed E-state index contributed by atoms with van der Waals surface area (Å²) in [4.78, 5) is 36.5. The fourth-order valence-electron chi connectivity index (χ4n) is 5.97. The quantitative estimate of drug-likeness (QED) is 0.0279. The lowest BCUT2D eigenvalue weighted by Crippen LogP contribution is -2.55. The zero-order valence-corrected chi connectivity index (χ0v) is 32.6. The molecular formula is C41H77NO7. The van der Waals surface area contributed by atoms with Crippen LogP contribution in [0.5, 0.6) is 0 Å². The molecule has 0 aromatic rings. The summed E-state index contributed by atoms with van der Waals surface area (Å²) in [6, 6.07) is -0.725. The lowest BCUT2D eigenvalue weighted by molar-refractivity contribution is -0.889. The zero-order chi connectivity index (χ0) is 36.4. The largest absolute Gasteiger partial charge is 0.544 e. The van der Waals surface area contributed by atoms with E-state index in [0.717, 1.165) is 32.1 Å². The van der Waals surface area contributed by atoms with E-state index >= 15 is 0 Å². The van der Waals surface area contributed by atoms with Crippen molar-refractivity contribution in [2.75, 3.05) is 41.0 Å². The summed E-state index contributed by atoms with van der Waals surface area (Å²) >= 11 is 0. The summed E-state index contributed by atoms with van der Waals surface area (Å²) in [6.07, 6.45) is 32.7. The first kappa shape index (κ1) is 47.1. The normalized spacial score (nSPS) is 13.1. The predicted octanol–water partition coefficient (Wildman–Crippen LogP) is 9.02. The molecule has 0 amide bonds. The molecule has 0 saturated carbocycles. The highest BCUT2D eigenvalue weighted by Crippen LogP contribution is 2.15. The Hall–Kier alpha value is -1.93. The predicted molar refractivity (Wildman–Crippen MR) is 199 cm³/mol. The van der Waals surface area contributed by atoms with Crippen molar-refractivity contribution >= 4 is 17.9 Å². The van der Waals surface area contributed by atoms with E-state index < -0.39 is 18.1 Å². The summed E-state index contributed by atoms with van der Waals surface area (Å²) in [5.41, 5.74) is 0. The summed E-state index contributed by atoms with van der Waals surface area (Å²) in [5, 5.41) is 11.5. The minimum Gasteiger partial charge on any atom is -0.544 e. The lowest BCUT2D eigenvalue weighted by Gasteiger charge is -2.34. The van der Waals surface area contributed by atoms with Crippen LogP contribution in [0.25, 0.3) is 0 Å². The van der Waals surface area contributed by atoms with Gasteiger partial charge < -0.3 is 28.6 Å². The maximum atomic E-state index is 12.5. The number of likely N-dealkylation sites (N-methyl/N-ethyl adjacent to an activating group) is 1. The molecule has 0 radical (unpaired) electrons. The van der Waals surface area contributed by atoms with Gasteiger partial charge in [-0.15, -0.1) is 0 Å². The number of quaternary nitrogens is 1. The topological polar surface area (TPSA) is 102 Å². The van der Waals surface area contributed by atoms with Crippen molar-refractivity contribution < 1.29 is 38.2 Å². The van der Waals surface area contributed by atoms with Gasteiger partial charge in [-0.2, -0.15) is 0 Å². The van der Waals surface area contributed by atoms with Gasteiger partial charge in [0.2, 0.25) is 0 Å². The van der Waals surface area contributed by atoms with Crippen molar-refractivity contribution in [3.05, 3.63) is 12.2 Å². The van der Waals surface area contributed by atoms with Crippen molar-refractivity contribution in [3.63, 3.8) is 0 Å². The van der Waals surface area contributed by atoms with Gasteiger partial charge in [-0.25, -0.2) is 0 Å². The second-order valence-electron chi connectivity index (χ2n) is 14.9. The number of hydrogen-bond donors (Lipinski definition) is 0. The first-order valence-electron chi connectivity index (χ1n) is 20.2. The standard InChI is InChI=1S/C41H77NO7/c1-6-8-10-12-14-15-16-17-18-19-20-21-22-23-24-26-27-29-31-39(43)48-36-37(35-47-34-33-38(41(45)46)42(3,4)5)49-40(44)32-30-28-25-13-11-9-7-2/h25,28,37-38H,6-24,26-27,29-36H2,1-5H3/b28-25+. The van der Waals surface area contributed by atoms with Gasteiger partial charge in [-0.1, -0.05) is 148 Å². The Balaban J connectivity index is 4.21. The van der Waals surface area contributed by atoms with Gasteiger partial charge in [0.15, 0.2) is 6.10 Å². The molecule has 2 atom stereocenters. The Morgan fingerprint density at radius 2 is 1.06 bits per heavy atom. The second-order valence-corrected chi connectivity index (χ2v) is 14.9. The van der Waals surface area contributed by atoms with Crippen molar-refractivity contribution in [1.82, 2.24) is 0 Å². The number of carboxylic acids is 1. The number of allylic oxidation sites excluding steroid dienone is 2. The van der Waals surface area contributed by atoms with Crippen LogP contribution < -0.4 is 5.11 Å². The third-order valence-electron chi connectivity index (χ3n) is 9.17. The van der Waals surface area contributed by atoms with Crippen LogP contribution in [-0.2, 0) is 28.6 Å². The number of nitrogens with zero attached hydrogens (tertiary/aromatic N) is 1. The molecule has 0 aliphatic heterocycles. The molecule has 0 aliphatic carbocycles. The molecule has 0 N–H and O–H groups in total. The van der Waals surface area contributed by atoms with Crippen molar-refractivity contribution in [2.24, 2.45) is 0 Å². The molecule has 0 fully saturated rings. The smallest absolute Gasteiger partial charge is 0.306 e. The lowest BCUT2D eigenvalue weighted by atomic mass is 10.0. The van der Waals surface area contributed by atoms with E-state index in [1.165, 1.54) is 109 Å². The maximum absolute atomic E-state index is 12.5. The second kappa shape index (κ2) is 33.2. The number of carbonyl (C=O) groups excluding carboxylic acids is 3. The third kappa shape index (κ3) is 31.8. The highest BCUT2D eigenvalue weighted by molar-refractivity contribution is 5.70. The third-order valence-corrected chi connectivity index (χ3v) is 9.17. The Morgan fingerprint density at radius 1 is 0.592 bits per heavy atom. The minimum atomic E-state index is -1.13. The zero-order valence-electron chi connectivity index (χ0n) is 32.6. The van der Waals surface area contributed by atoms with Gasteiger partial charge in [0, 0.05) is 19.3 Å². The molecule has 2 unspecified atom stereocenters. The Kier molecular flexibility index (Phi) is 31.9. The van der Waals surface area contributed by atoms with Crippen LogP contribution in [0.15, 0.2) is 12.2 Å². The van der Waals surface area contributed by atoms with E-state index in [2.05, 4.69) is 19.9 Å². The molecule has 8 heteroatoms. The number of unbranched alkanes of at least 4 members (excludes halogenated alkanes) is 20. The monoisotopic (exact) mass is 696 g/mol. The molecule has 0 aromatic heterocycles. The van der Waals surface area contributed by atoms with E-state index in [0.29, 0.717) is 12.8 Å². The first-order chi connectivity index (χ1) is 23.6. The van der Waals surface area contributed by atoms with Crippen molar-refractivity contribution in [3.8, 4) is 0 Å². The van der Waals surface area contributed by atoms with E-state index in [4.69, 9.17) is 14.2 Å². The first-order valence-corrected chi connectivity index (χ1v) is 20.2. The van der Waals surface area contributed by atoms with E-state index in [-0.39, 0.29) is 49.1 Å². The van der Waals surface area contributed by atoms with Crippen LogP contribution in [-0.4, -0.2) is 75.5 Å². The summed E-state index contributed by atoms with van der Waals surface area (Å²) in [7, 11) is 5.38. The van der Waals surface area contributed by atoms with Crippen LogP contribution in [0, 0.1) is 0 Å². The molecule has 0 aromatic carbocycles. The molecule has 0 saturated heterocycles. The molecule has 0 spiro atoms. The van der Waals surface area contributed by atoms with Gasteiger partial charge in [-0.3, -0.25) is 9.59 Å². The number of esters is 2. The van der Waals surface area contributed by atoms with Crippen LogP contribution >= 0.6 is 0 Å². The number of carbonyl (C=O) groups is 3. The molecule has 8 nitrogen and oxygen atoms in total. The van der Waals surface area contributed by atoms with Crippen molar-refractivity contribution in [1.29, 1.82) is 0 Å². The van der Waals surface area contributed by atoms with E-state index in [1.807, 2.05) is 6.08 Å². The summed E-state index contributed by atoms with van der Waals surface area (Å²) < 4.78 is 17.0. The number of carboxylic acid groups (broad SMARTS) is 1. The maximum Gasteiger partial charge on any atom is 0.306 e. The number of aliphatic carboxylic acids is 1. The summed E-state index contributed by atoms with van der Waals surface area (Å²) in [5.74, 6) is -1.80. The molecule has 0 aliphatic rings. The molecule has 0 rings (SSSR count). The van der Waals surface area contributed by atoms with Crippen molar-refractivity contribution in [2.45, 2.75) is 193 Å². The van der Waals surface area contributed by atoms with E-state index in [9.17, 15) is 19.5 Å². The molecule has 0 bridgehead atoms. The Bertz CT molecular complexity index is 823. The Labute approximate surface area is 301 Å². The minimum absolute atomic E-state index is 0.0297. The van der Waals surface area contributed by atoms with Gasteiger partial charge in [0.25, 0.3) is 0 Å². The van der Waals surface area contributed by atoms with Gasteiger partial charge >= 0.3 is 11.9 Å². The number of ether oxygens (including phenoxy) is 3. The van der Waals surface area contributed by atoms with Crippen LogP contribution in [0.4, 0.5) is 0 Å². The van der Waals surface area contributed by atoms with Gasteiger partial charge in [-0.05, 0) is 25.7 Å². The highest BCUT2D eigenvalue weighted by Gasteiger charge is 2.25. The average molecular weight is 696 g/mol. The molecular weight excluding hydrogens is 618 g/mol. The van der Waals surface area contributed by atoms with Crippen LogP contribution in [0.1, 0.15) is 181 Å². The van der Waals surface area contributed by atoms with Crippen LogP contribution in [0.3, 0.4) is 0 Å². The molecule has 288 valence electrons. The fourth-order valence-corrected chi connectivity index (χ4v) is 5.97. The SMILES string of the molecule is CCCCC/C=C/CCC(=O)OC(COCCC(C(=O)[O-])[N+](C)(C)C)COC(=O)CCCCCCCCCCCCCCCCCCCC. The summed E-state index contributed by atoms with van der Waals surface area (Å²) in [6.45, 7) is 4.56. The Morgan fingerprint density at radius 3 is 1.55 bits per heavy atom. The molecule has 0 heterocycles. The highest BCUT2D eigenvalue weighted by atomic mass is 16.6. The number of hydrogen-bond acceptors (Lipinski definition) is 7. The van der Waals surface area contributed by atoms with E-state index in [1.54, 1.807) is 21.1 Å². The molecule has 49 heavy (non-hydrogen) atoms. The van der Waals surface area contributed by atoms with Gasteiger partial charge in [0.05, 0.1) is 40.3 Å².